The van der Waals surface area contributed by atoms with E-state index in [0.29, 0.717) is 0 Å². The van der Waals surface area contributed by atoms with Crippen molar-refractivity contribution < 1.29 is 9.47 Å². The van der Waals surface area contributed by atoms with Gasteiger partial charge in [0.05, 0.1) is 14.2 Å². The fourth-order valence-electron chi connectivity index (χ4n) is 2.85. The van der Waals surface area contributed by atoms with Crippen molar-refractivity contribution in [3.8, 4) is 11.5 Å². The molecule has 21 heavy (non-hydrogen) atoms. The van der Waals surface area contributed by atoms with E-state index in [-0.39, 0.29) is 0 Å². The quantitative estimate of drug-likeness (QED) is 0.905. The van der Waals surface area contributed by atoms with Crippen LogP contribution in [0.1, 0.15) is 23.1 Å². The summed E-state index contributed by atoms with van der Waals surface area (Å²) in [7, 11) is 3.33. The molecular weight excluding hydrogens is 262 g/mol. The molecule has 0 unspecified atom stereocenters. The highest BCUT2D eigenvalue weighted by atomic mass is 16.5. The molecule has 110 valence electrons. The second kappa shape index (κ2) is 6.08. The van der Waals surface area contributed by atoms with Crippen LogP contribution < -0.4 is 14.8 Å². The first kappa shape index (κ1) is 13.8. The second-order valence-corrected chi connectivity index (χ2v) is 5.41. The normalized spacial score (nSPS) is 12.9. The molecular formula is C18H21NO2. The van der Waals surface area contributed by atoms with Crippen molar-refractivity contribution in [1.29, 1.82) is 0 Å². The third-order valence-electron chi connectivity index (χ3n) is 4.01. The molecule has 0 atom stereocenters. The molecule has 0 saturated carbocycles. The van der Waals surface area contributed by atoms with Crippen LogP contribution in [0.25, 0.3) is 0 Å². The Morgan fingerprint density at radius 1 is 0.905 bits per heavy atom. The molecule has 0 amide bonds. The lowest BCUT2D eigenvalue weighted by molar-refractivity contribution is 0.394. The topological polar surface area (TPSA) is 30.5 Å². The Morgan fingerprint density at radius 3 is 2.33 bits per heavy atom. The molecule has 0 saturated heterocycles. The van der Waals surface area contributed by atoms with E-state index in [1.807, 2.05) is 18.2 Å². The number of methoxy groups -OCH3 is 2. The van der Waals surface area contributed by atoms with Crippen molar-refractivity contribution in [1.82, 2.24) is 0 Å². The summed E-state index contributed by atoms with van der Waals surface area (Å²) >= 11 is 0. The van der Waals surface area contributed by atoms with Crippen LogP contribution in [0.5, 0.6) is 11.5 Å². The van der Waals surface area contributed by atoms with Gasteiger partial charge >= 0.3 is 0 Å². The van der Waals surface area contributed by atoms with Crippen LogP contribution in [0.15, 0.2) is 36.4 Å². The van der Waals surface area contributed by atoms with Gasteiger partial charge in [0.2, 0.25) is 0 Å². The number of nitrogens with one attached hydrogen (secondary N) is 1. The molecule has 0 fully saturated rings. The zero-order chi connectivity index (χ0) is 14.7. The maximum Gasteiger partial charge on any atom is 0.124 e. The molecule has 0 radical (unpaired) electrons. The van der Waals surface area contributed by atoms with Crippen LogP contribution in [-0.4, -0.2) is 14.2 Å². The average Bonchev–Trinajstić information content (AvgIpc) is 3.00. The summed E-state index contributed by atoms with van der Waals surface area (Å²) in [5, 5.41) is 3.44. The first-order chi connectivity index (χ1) is 10.3. The molecule has 0 spiro atoms. The van der Waals surface area contributed by atoms with Crippen molar-refractivity contribution in [2.75, 3.05) is 19.5 Å². The van der Waals surface area contributed by atoms with E-state index in [1.165, 1.54) is 36.0 Å². The minimum Gasteiger partial charge on any atom is -0.497 e. The highest BCUT2D eigenvalue weighted by Crippen LogP contribution is 2.27. The highest BCUT2D eigenvalue weighted by Gasteiger charge is 2.10. The van der Waals surface area contributed by atoms with E-state index < -0.39 is 0 Å². The van der Waals surface area contributed by atoms with Gasteiger partial charge < -0.3 is 14.8 Å². The van der Waals surface area contributed by atoms with Crippen molar-refractivity contribution in [2.24, 2.45) is 0 Å². The predicted molar refractivity (Wildman–Crippen MR) is 85.3 cm³/mol. The number of anilines is 1. The standard InChI is InChI=1S/C18H21NO2/c1-20-17-9-16(10-18(11-17)21-2)19-12-13-6-7-14-4-3-5-15(14)8-13/h6-11,19H,3-5,12H2,1-2H3. The largest absolute Gasteiger partial charge is 0.497 e. The zero-order valence-corrected chi connectivity index (χ0v) is 12.6. The smallest absolute Gasteiger partial charge is 0.124 e. The molecule has 3 nitrogen and oxygen atoms in total. The summed E-state index contributed by atoms with van der Waals surface area (Å²) < 4.78 is 10.6. The number of hydrogen-bond acceptors (Lipinski definition) is 3. The van der Waals surface area contributed by atoms with Crippen LogP contribution in [0, 0.1) is 0 Å². The van der Waals surface area contributed by atoms with Gasteiger partial charge in [0, 0.05) is 30.4 Å². The van der Waals surface area contributed by atoms with Gasteiger partial charge in [-0.25, -0.2) is 0 Å². The summed E-state index contributed by atoms with van der Waals surface area (Å²) in [6.45, 7) is 0.809. The molecule has 0 heterocycles. The van der Waals surface area contributed by atoms with Crippen LogP contribution in [0.4, 0.5) is 5.69 Å². The Kier molecular flexibility index (Phi) is 4.00. The minimum atomic E-state index is 0.797. The second-order valence-electron chi connectivity index (χ2n) is 5.41. The summed E-state index contributed by atoms with van der Waals surface area (Å²) in [5.74, 6) is 1.59. The Morgan fingerprint density at radius 2 is 1.62 bits per heavy atom. The van der Waals surface area contributed by atoms with E-state index in [0.717, 1.165) is 23.7 Å². The number of aryl methyl sites for hydroxylation is 2. The number of rotatable bonds is 5. The van der Waals surface area contributed by atoms with Gasteiger partial charge in [-0.15, -0.1) is 0 Å². The van der Waals surface area contributed by atoms with Crippen LogP contribution >= 0.6 is 0 Å². The number of hydrogen-bond donors (Lipinski definition) is 1. The van der Waals surface area contributed by atoms with Gasteiger partial charge in [0.25, 0.3) is 0 Å². The van der Waals surface area contributed by atoms with Crippen LogP contribution in [0.2, 0.25) is 0 Å². The molecule has 1 aliphatic rings. The molecule has 3 rings (SSSR count). The van der Waals surface area contributed by atoms with Crippen LogP contribution in [0.3, 0.4) is 0 Å². The van der Waals surface area contributed by atoms with Gasteiger partial charge in [-0.3, -0.25) is 0 Å². The lowest BCUT2D eigenvalue weighted by Gasteiger charge is -2.11. The predicted octanol–water partition coefficient (Wildman–Crippen LogP) is 3.80. The van der Waals surface area contributed by atoms with Gasteiger partial charge in [0.1, 0.15) is 11.5 Å². The first-order valence-electron chi connectivity index (χ1n) is 7.36. The lowest BCUT2D eigenvalue weighted by Crippen LogP contribution is -2.01. The van der Waals surface area contributed by atoms with Crippen molar-refractivity contribution in [2.45, 2.75) is 25.8 Å². The van der Waals surface area contributed by atoms with Gasteiger partial charge in [-0.2, -0.15) is 0 Å². The summed E-state index contributed by atoms with van der Waals surface area (Å²) in [5.41, 5.74) is 5.35. The van der Waals surface area contributed by atoms with Gasteiger partial charge in [-0.05, 0) is 36.0 Å². The Balaban J connectivity index is 1.72. The maximum atomic E-state index is 5.29. The average molecular weight is 283 g/mol. The molecule has 2 aromatic rings. The summed E-state index contributed by atoms with van der Waals surface area (Å²) in [6.07, 6.45) is 3.74. The third kappa shape index (κ3) is 3.13. The number of ether oxygens (including phenoxy) is 2. The van der Waals surface area contributed by atoms with Crippen molar-refractivity contribution >= 4 is 5.69 Å². The number of fused-ring (bicyclic) bond motifs is 1. The van der Waals surface area contributed by atoms with E-state index in [4.69, 9.17) is 9.47 Å². The van der Waals surface area contributed by atoms with Gasteiger partial charge in [0.15, 0.2) is 0 Å². The van der Waals surface area contributed by atoms with Crippen LogP contribution in [-0.2, 0) is 19.4 Å². The Labute approximate surface area is 125 Å². The highest BCUT2D eigenvalue weighted by molar-refractivity contribution is 5.54. The lowest BCUT2D eigenvalue weighted by atomic mass is 10.1. The monoisotopic (exact) mass is 283 g/mol. The van der Waals surface area contributed by atoms with Crippen molar-refractivity contribution in [3.05, 3.63) is 53.1 Å². The van der Waals surface area contributed by atoms with Gasteiger partial charge in [-0.1, -0.05) is 18.2 Å². The zero-order valence-electron chi connectivity index (χ0n) is 12.6. The first-order valence-corrected chi connectivity index (χ1v) is 7.36. The molecule has 0 bridgehead atoms. The van der Waals surface area contributed by atoms with E-state index in [2.05, 4.69) is 23.5 Å². The van der Waals surface area contributed by atoms with E-state index >= 15 is 0 Å². The molecule has 0 aliphatic heterocycles. The Bertz CT molecular complexity index is 615. The fourth-order valence-corrected chi connectivity index (χ4v) is 2.85. The molecule has 2 aromatic carbocycles. The van der Waals surface area contributed by atoms with Crippen molar-refractivity contribution in [3.63, 3.8) is 0 Å². The van der Waals surface area contributed by atoms with E-state index in [9.17, 15) is 0 Å². The third-order valence-corrected chi connectivity index (χ3v) is 4.01. The minimum absolute atomic E-state index is 0.797. The Hall–Kier alpha value is -2.16. The maximum absolute atomic E-state index is 5.29. The molecule has 0 aromatic heterocycles. The summed E-state index contributed by atoms with van der Waals surface area (Å²) in [6, 6.07) is 12.7. The SMILES string of the molecule is COc1cc(NCc2ccc3c(c2)CCC3)cc(OC)c1. The molecule has 3 heteroatoms. The van der Waals surface area contributed by atoms with E-state index in [1.54, 1.807) is 14.2 Å². The molecule has 1 N–H and O–H groups in total. The fraction of sp³-hybridized carbons (Fsp3) is 0.333. The number of benzene rings is 2. The molecule has 1 aliphatic carbocycles. The summed E-state index contributed by atoms with van der Waals surface area (Å²) in [4.78, 5) is 0.